The minimum absolute atomic E-state index is 0.0417. The zero-order valence-electron chi connectivity index (χ0n) is 12.9. The van der Waals surface area contributed by atoms with Crippen LogP contribution in [0.3, 0.4) is 0 Å². The van der Waals surface area contributed by atoms with Crippen LogP contribution in [0.15, 0.2) is 48.5 Å². The van der Waals surface area contributed by atoms with Crippen LogP contribution in [0.1, 0.15) is 27.0 Å². The first-order valence-electron chi connectivity index (χ1n) is 7.08. The van der Waals surface area contributed by atoms with Crippen LogP contribution in [0.5, 0.6) is 0 Å². The van der Waals surface area contributed by atoms with Crippen molar-refractivity contribution < 1.29 is 31.1 Å². The van der Waals surface area contributed by atoms with Crippen molar-refractivity contribution in [2.45, 2.75) is 18.9 Å². The van der Waals surface area contributed by atoms with Gasteiger partial charge in [0.1, 0.15) is 0 Å². The number of nitrogens with zero attached hydrogens (tertiary/aromatic N) is 1. The average molecular weight is 361 g/mol. The highest BCUT2D eigenvalue weighted by Crippen LogP contribution is 2.32. The van der Waals surface area contributed by atoms with Crippen LogP contribution in [0, 0.1) is 0 Å². The van der Waals surface area contributed by atoms with Gasteiger partial charge in [-0.1, -0.05) is 18.2 Å². The largest absolute Gasteiger partial charge is 0.416 e. The van der Waals surface area contributed by atoms with E-state index in [1.165, 1.54) is 25.2 Å². The molecule has 0 aliphatic rings. The minimum Gasteiger partial charge on any atom is -0.337 e. The molecule has 0 aliphatic carbocycles. The number of amides is 1. The van der Waals surface area contributed by atoms with Crippen LogP contribution in [0.25, 0.3) is 0 Å². The molecule has 0 N–H and O–H groups in total. The van der Waals surface area contributed by atoms with Gasteiger partial charge in [-0.3, -0.25) is 4.79 Å². The van der Waals surface area contributed by atoms with E-state index in [0.717, 1.165) is 35.2 Å². The standard InChI is InChI=1S/C17H13F6NO/c1-24(10-12-4-2-3-5-14(12)17(21,22)23)15(25)11-6-8-13(9-7-11)16(18,19)20/h2-9H,10H2,1H3. The molecule has 0 aliphatic heterocycles. The highest BCUT2D eigenvalue weighted by Gasteiger charge is 2.33. The lowest BCUT2D eigenvalue weighted by Crippen LogP contribution is -2.27. The maximum Gasteiger partial charge on any atom is 0.416 e. The molecule has 0 unspecified atom stereocenters. The molecule has 0 aromatic heterocycles. The van der Waals surface area contributed by atoms with E-state index >= 15 is 0 Å². The zero-order chi connectivity index (χ0) is 18.8. The van der Waals surface area contributed by atoms with Crippen LogP contribution in [-0.4, -0.2) is 17.9 Å². The van der Waals surface area contributed by atoms with Crippen LogP contribution in [0.4, 0.5) is 26.3 Å². The Hall–Kier alpha value is -2.51. The smallest absolute Gasteiger partial charge is 0.337 e. The minimum atomic E-state index is -4.56. The van der Waals surface area contributed by atoms with Crippen molar-refractivity contribution in [2.75, 3.05) is 7.05 Å². The van der Waals surface area contributed by atoms with Gasteiger partial charge in [0.15, 0.2) is 0 Å². The molecule has 0 radical (unpaired) electrons. The van der Waals surface area contributed by atoms with Crippen molar-refractivity contribution in [1.29, 1.82) is 0 Å². The molecule has 2 rings (SSSR count). The van der Waals surface area contributed by atoms with E-state index in [1.807, 2.05) is 0 Å². The van der Waals surface area contributed by atoms with Gasteiger partial charge in [-0.15, -0.1) is 0 Å². The molecule has 134 valence electrons. The molecule has 8 heteroatoms. The summed E-state index contributed by atoms with van der Waals surface area (Å²) in [6.07, 6.45) is -9.09. The molecule has 2 aromatic carbocycles. The Labute approximate surface area is 139 Å². The van der Waals surface area contributed by atoms with Gasteiger partial charge >= 0.3 is 12.4 Å². The number of benzene rings is 2. The van der Waals surface area contributed by atoms with Gasteiger partial charge in [-0.2, -0.15) is 26.3 Å². The van der Waals surface area contributed by atoms with Crippen molar-refractivity contribution in [3.63, 3.8) is 0 Å². The summed E-state index contributed by atoms with van der Waals surface area (Å²) < 4.78 is 76.5. The number of halogens is 6. The van der Waals surface area contributed by atoms with Crippen molar-refractivity contribution in [2.24, 2.45) is 0 Å². The summed E-state index contributed by atoms with van der Waals surface area (Å²) in [5.41, 5.74) is -1.91. The van der Waals surface area contributed by atoms with E-state index in [1.54, 1.807) is 0 Å². The van der Waals surface area contributed by atoms with E-state index in [-0.39, 0.29) is 17.7 Å². The summed E-state index contributed by atoms with van der Waals surface area (Å²) in [5, 5.41) is 0. The number of hydrogen-bond donors (Lipinski definition) is 0. The van der Waals surface area contributed by atoms with Crippen molar-refractivity contribution in [1.82, 2.24) is 4.90 Å². The lowest BCUT2D eigenvalue weighted by atomic mass is 10.1. The van der Waals surface area contributed by atoms with E-state index < -0.39 is 29.4 Å². The maximum absolute atomic E-state index is 13.0. The van der Waals surface area contributed by atoms with E-state index in [4.69, 9.17) is 0 Å². The molecule has 1 amide bonds. The summed E-state index contributed by atoms with van der Waals surface area (Å²) in [5.74, 6) is -0.675. The summed E-state index contributed by atoms with van der Waals surface area (Å²) in [7, 11) is 1.28. The Kier molecular flexibility index (Phi) is 5.10. The molecule has 0 spiro atoms. The Morgan fingerprint density at radius 2 is 1.44 bits per heavy atom. The summed E-state index contributed by atoms with van der Waals surface area (Å²) in [4.78, 5) is 13.3. The molecular formula is C17H13F6NO. The summed E-state index contributed by atoms with van der Waals surface area (Å²) in [6, 6.07) is 8.32. The molecule has 0 fully saturated rings. The van der Waals surface area contributed by atoms with Gasteiger partial charge < -0.3 is 4.90 Å². The predicted octanol–water partition coefficient (Wildman–Crippen LogP) is 5.00. The fourth-order valence-corrected chi connectivity index (χ4v) is 2.28. The van der Waals surface area contributed by atoms with Gasteiger partial charge in [0, 0.05) is 19.2 Å². The highest BCUT2D eigenvalue weighted by molar-refractivity contribution is 5.94. The molecule has 2 nitrogen and oxygen atoms in total. The summed E-state index contributed by atoms with van der Waals surface area (Å²) in [6.45, 7) is -0.324. The second-order valence-electron chi connectivity index (χ2n) is 5.39. The molecule has 0 atom stereocenters. The Balaban J connectivity index is 2.19. The molecule has 0 heterocycles. The molecule has 0 saturated carbocycles. The molecular weight excluding hydrogens is 348 g/mol. The fourth-order valence-electron chi connectivity index (χ4n) is 2.28. The van der Waals surface area contributed by atoms with Gasteiger partial charge in [-0.05, 0) is 35.9 Å². The first kappa shape index (κ1) is 18.8. The monoisotopic (exact) mass is 361 g/mol. The topological polar surface area (TPSA) is 20.3 Å². The number of hydrogen-bond acceptors (Lipinski definition) is 1. The number of alkyl halides is 6. The Morgan fingerprint density at radius 1 is 0.880 bits per heavy atom. The maximum atomic E-state index is 13.0. The van der Waals surface area contributed by atoms with Gasteiger partial charge in [0.25, 0.3) is 5.91 Å². The SMILES string of the molecule is CN(Cc1ccccc1C(F)(F)F)C(=O)c1ccc(C(F)(F)F)cc1. The van der Waals surface area contributed by atoms with Crippen molar-refractivity contribution in [3.8, 4) is 0 Å². The first-order valence-corrected chi connectivity index (χ1v) is 7.08. The second kappa shape index (κ2) is 6.78. The zero-order valence-corrected chi connectivity index (χ0v) is 12.9. The Morgan fingerprint density at radius 3 is 1.96 bits per heavy atom. The third-order valence-corrected chi connectivity index (χ3v) is 3.54. The average Bonchev–Trinajstić information content (AvgIpc) is 2.53. The van der Waals surface area contributed by atoms with E-state index in [9.17, 15) is 31.1 Å². The van der Waals surface area contributed by atoms with E-state index in [2.05, 4.69) is 0 Å². The third kappa shape index (κ3) is 4.52. The highest BCUT2D eigenvalue weighted by atomic mass is 19.4. The van der Waals surface area contributed by atoms with Crippen LogP contribution in [0.2, 0.25) is 0 Å². The summed E-state index contributed by atoms with van der Waals surface area (Å²) >= 11 is 0. The van der Waals surface area contributed by atoms with E-state index in [0.29, 0.717) is 0 Å². The Bertz CT molecular complexity index is 749. The van der Waals surface area contributed by atoms with Gasteiger partial charge in [0.2, 0.25) is 0 Å². The molecule has 25 heavy (non-hydrogen) atoms. The lowest BCUT2D eigenvalue weighted by molar-refractivity contribution is -0.138. The van der Waals surface area contributed by atoms with Gasteiger partial charge in [-0.25, -0.2) is 0 Å². The number of rotatable bonds is 3. The normalized spacial score (nSPS) is 12.1. The van der Waals surface area contributed by atoms with Crippen molar-refractivity contribution in [3.05, 3.63) is 70.8 Å². The number of carbonyl (C=O) groups excluding carboxylic acids is 1. The van der Waals surface area contributed by atoms with Crippen molar-refractivity contribution >= 4 is 5.91 Å². The third-order valence-electron chi connectivity index (χ3n) is 3.54. The van der Waals surface area contributed by atoms with Crippen LogP contribution in [-0.2, 0) is 18.9 Å². The van der Waals surface area contributed by atoms with Crippen LogP contribution < -0.4 is 0 Å². The lowest BCUT2D eigenvalue weighted by Gasteiger charge is -2.20. The number of carbonyl (C=O) groups is 1. The first-order chi connectivity index (χ1) is 11.5. The second-order valence-corrected chi connectivity index (χ2v) is 5.39. The quantitative estimate of drug-likeness (QED) is 0.705. The molecule has 0 saturated heterocycles. The van der Waals surface area contributed by atoms with Gasteiger partial charge in [0.05, 0.1) is 11.1 Å². The molecule has 2 aromatic rings. The predicted molar refractivity (Wildman–Crippen MR) is 78.7 cm³/mol. The van der Waals surface area contributed by atoms with Crippen LogP contribution >= 0.6 is 0 Å². The fraction of sp³-hybridized carbons (Fsp3) is 0.235. The molecule has 0 bridgehead atoms.